The standard InChI is InChI=1S/C15H18N4OS/c20-14(18-11-4-7-16-8-5-11)9-12-10-21-15(19-12)13-3-1-2-6-17-13/h1-3,6,10-11,16H,4-5,7-9H2,(H,18,20). The van der Waals surface area contributed by atoms with Gasteiger partial charge in [0, 0.05) is 17.6 Å². The van der Waals surface area contributed by atoms with Gasteiger partial charge >= 0.3 is 0 Å². The van der Waals surface area contributed by atoms with Crippen molar-refractivity contribution in [1.82, 2.24) is 20.6 Å². The Balaban J connectivity index is 1.58. The van der Waals surface area contributed by atoms with E-state index in [0.717, 1.165) is 42.3 Å². The molecule has 0 atom stereocenters. The molecular weight excluding hydrogens is 284 g/mol. The lowest BCUT2D eigenvalue weighted by Gasteiger charge is -2.23. The van der Waals surface area contributed by atoms with Crippen molar-refractivity contribution in [2.24, 2.45) is 0 Å². The fraction of sp³-hybridized carbons (Fsp3) is 0.400. The number of pyridine rings is 1. The van der Waals surface area contributed by atoms with E-state index in [1.165, 1.54) is 11.3 Å². The second-order valence-corrected chi connectivity index (χ2v) is 5.99. The molecule has 0 spiro atoms. The Hall–Kier alpha value is -1.79. The van der Waals surface area contributed by atoms with E-state index in [1.54, 1.807) is 6.20 Å². The molecule has 2 aromatic heterocycles. The lowest BCUT2D eigenvalue weighted by molar-refractivity contribution is -0.121. The highest BCUT2D eigenvalue weighted by atomic mass is 32.1. The zero-order valence-corrected chi connectivity index (χ0v) is 12.5. The fourth-order valence-corrected chi connectivity index (χ4v) is 3.20. The molecule has 0 unspecified atom stereocenters. The Morgan fingerprint density at radius 3 is 3.00 bits per heavy atom. The van der Waals surface area contributed by atoms with Crippen molar-refractivity contribution in [3.63, 3.8) is 0 Å². The maximum Gasteiger partial charge on any atom is 0.226 e. The van der Waals surface area contributed by atoms with Gasteiger partial charge in [0.2, 0.25) is 5.91 Å². The summed E-state index contributed by atoms with van der Waals surface area (Å²) in [6.45, 7) is 1.96. The molecule has 2 aromatic rings. The summed E-state index contributed by atoms with van der Waals surface area (Å²) in [6.07, 6.45) is 4.09. The van der Waals surface area contributed by atoms with Gasteiger partial charge in [-0.15, -0.1) is 11.3 Å². The summed E-state index contributed by atoms with van der Waals surface area (Å²) in [6, 6.07) is 6.04. The number of rotatable bonds is 4. The zero-order valence-electron chi connectivity index (χ0n) is 11.7. The highest BCUT2D eigenvalue weighted by Crippen LogP contribution is 2.21. The SMILES string of the molecule is O=C(Cc1csc(-c2ccccn2)n1)NC1CCNCC1. The van der Waals surface area contributed by atoms with E-state index in [4.69, 9.17) is 0 Å². The van der Waals surface area contributed by atoms with Crippen LogP contribution in [0.5, 0.6) is 0 Å². The van der Waals surface area contributed by atoms with Crippen LogP contribution < -0.4 is 10.6 Å². The predicted octanol–water partition coefficient (Wildman–Crippen LogP) is 1.62. The van der Waals surface area contributed by atoms with Gasteiger partial charge < -0.3 is 10.6 Å². The molecule has 3 heterocycles. The first kappa shape index (κ1) is 14.2. The maximum atomic E-state index is 12.0. The number of hydrogen-bond acceptors (Lipinski definition) is 5. The number of nitrogens with zero attached hydrogens (tertiary/aromatic N) is 2. The van der Waals surface area contributed by atoms with Crippen LogP contribution in [0.3, 0.4) is 0 Å². The molecule has 21 heavy (non-hydrogen) atoms. The average molecular weight is 302 g/mol. The molecule has 6 heteroatoms. The Kier molecular flexibility index (Phi) is 4.57. The summed E-state index contributed by atoms with van der Waals surface area (Å²) < 4.78 is 0. The van der Waals surface area contributed by atoms with Crippen molar-refractivity contribution in [2.75, 3.05) is 13.1 Å². The molecule has 1 amide bonds. The average Bonchev–Trinajstić information content (AvgIpc) is 2.97. The van der Waals surface area contributed by atoms with Gasteiger partial charge in [0.15, 0.2) is 0 Å². The third-order valence-corrected chi connectivity index (χ3v) is 4.40. The summed E-state index contributed by atoms with van der Waals surface area (Å²) in [7, 11) is 0. The van der Waals surface area contributed by atoms with Crippen molar-refractivity contribution >= 4 is 17.2 Å². The van der Waals surface area contributed by atoms with Crippen molar-refractivity contribution in [2.45, 2.75) is 25.3 Å². The largest absolute Gasteiger partial charge is 0.353 e. The van der Waals surface area contributed by atoms with Crippen LogP contribution in [0.1, 0.15) is 18.5 Å². The molecule has 0 bridgehead atoms. The number of hydrogen-bond donors (Lipinski definition) is 2. The van der Waals surface area contributed by atoms with Crippen molar-refractivity contribution in [3.05, 3.63) is 35.5 Å². The van der Waals surface area contributed by atoms with Crippen molar-refractivity contribution in [3.8, 4) is 10.7 Å². The summed E-state index contributed by atoms with van der Waals surface area (Å²) in [5.74, 6) is 0.0553. The fourth-order valence-electron chi connectivity index (χ4n) is 2.40. The van der Waals surface area contributed by atoms with Gasteiger partial charge in [0.05, 0.1) is 17.8 Å². The van der Waals surface area contributed by atoms with Gasteiger partial charge in [0.25, 0.3) is 0 Å². The van der Waals surface area contributed by atoms with Gasteiger partial charge in [-0.05, 0) is 38.1 Å². The monoisotopic (exact) mass is 302 g/mol. The summed E-state index contributed by atoms with van der Waals surface area (Å²) in [5.41, 5.74) is 1.67. The molecule has 1 saturated heterocycles. The Morgan fingerprint density at radius 2 is 2.24 bits per heavy atom. The lowest BCUT2D eigenvalue weighted by Crippen LogP contribution is -2.43. The number of amides is 1. The van der Waals surface area contributed by atoms with E-state index >= 15 is 0 Å². The molecule has 0 aliphatic carbocycles. The second-order valence-electron chi connectivity index (χ2n) is 5.13. The lowest BCUT2D eigenvalue weighted by atomic mass is 10.1. The van der Waals surface area contributed by atoms with Crippen LogP contribution in [-0.4, -0.2) is 35.0 Å². The van der Waals surface area contributed by atoms with Gasteiger partial charge in [0.1, 0.15) is 5.01 Å². The minimum Gasteiger partial charge on any atom is -0.353 e. The topological polar surface area (TPSA) is 66.9 Å². The number of thiazole rings is 1. The third kappa shape index (κ3) is 3.86. The van der Waals surface area contributed by atoms with E-state index < -0.39 is 0 Å². The van der Waals surface area contributed by atoms with Gasteiger partial charge in [-0.1, -0.05) is 6.07 Å². The molecule has 1 aliphatic heterocycles. The maximum absolute atomic E-state index is 12.0. The van der Waals surface area contributed by atoms with Crippen molar-refractivity contribution in [1.29, 1.82) is 0 Å². The zero-order chi connectivity index (χ0) is 14.5. The Bertz CT molecular complexity index is 593. The smallest absolute Gasteiger partial charge is 0.226 e. The number of nitrogens with one attached hydrogen (secondary N) is 2. The van der Waals surface area contributed by atoms with Gasteiger partial charge in [-0.25, -0.2) is 4.98 Å². The molecule has 0 radical (unpaired) electrons. The van der Waals surface area contributed by atoms with Crippen LogP contribution in [0.15, 0.2) is 29.8 Å². The minimum absolute atomic E-state index is 0.0553. The van der Waals surface area contributed by atoms with E-state index in [1.807, 2.05) is 23.6 Å². The number of aromatic nitrogens is 2. The van der Waals surface area contributed by atoms with Crippen LogP contribution in [0.25, 0.3) is 10.7 Å². The Morgan fingerprint density at radius 1 is 1.38 bits per heavy atom. The first-order valence-corrected chi connectivity index (χ1v) is 8.05. The van der Waals surface area contributed by atoms with Crippen LogP contribution in [0.4, 0.5) is 0 Å². The molecule has 1 aliphatic rings. The molecule has 3 rings (SSSR count). The molecule has 0 aromatic carbocycles. The predicted molar refractivity (Wildman–Crippen MR) is 83.1 cm³/mol. The Labute approximate surface area is 127 Å². The summed E-state index contributed by atoms with van der Waals surface area (Å²) >= 11 is 1.53. The minimum atomic E-state index is 0.0553. The second kappa shape index (κ2) is 6.78. The molecule has 2 N–H and O–H groups in total. The first-order chi connectivity index (χ1) is 10.3. The molecule has 0 saturated carbocycles. The van der Waals surface area contributed by atoms with Crippen LogP contribution in [-0.2, 0) is 11.2 Å². The van der Waals surface area contributed by atoms with Crippen LogP contribution >= 0.6 is 11.3 Å². The number of carbonyl (C=O) groups excluding carboxylic acids is 1. The van der Waals surface area contributed by atoms with E-state index in [0.29, 0.717) is 12.5 Å². The van der Waals surface area contributed by atoms with Crippen LogP contribution in [0.2, 0.25) is 0 Å². The highest BCUT2D eigenvalue weighted by molar-refractivity contribution is 7.13. The quantitative estimate of drug-likeness (QED) is 0.900. The normalized spacial score (nSPS) is 15.8. The van der Waals surface area contributed by atoms with E-state index in [2.05, 4.69) is 20.6 Å². The number of piperidine rings is 1. The van der Waals surface area contributed by atoms with Crippen molar-refractivity contribution < 1.29 is 4.79 Å². The van der Waals surface area contributed by atoms with Crippen LogP contribution in [0, 0.1) is 0 Å². The number of carbonyl (C=O) groups is 1. The van der Waals surface area contributed by atoms with E-state index in [9.17, 15) is 4.79 Å². The highest BCUT2D eigenvalue weighted by Gasteiger charge is 2.16. The molecule has 110 valence electrons. The third-order valence-electron chi connectivity index (χ3n) is 3.48. The molecule has 5 nitrogen and oxygen atoms in total. The van der Waals surface area contributed by atoms with Gasteiger partial charge in [-0.2, -0.15) is 0 Å². The van der Waals surface area contributed by atoms with Gasteiger partial charge in [-0.3, -0.25) is 9.78 Å². The first-order valence-electron chi connectivity index (χ1n) is 7.17. The van der Waals surface area contributed by atoms with E-state index in [-0.39, 0.29) is 5.91 Å². The molecule has 1 fully saturated rings. The molecular formula is C15H18N4OS. The summed E-state index contributed by atoms with van der Waals surface area (Å²) in [4.78, 5) is 20.8. The summed E-state index contributed by atoms with van der Waals surface area (Å²) in [5, 5.41) is 9.17.